The van der Waals surface area contributed by atoms with Gasteiger partial charge in [0.15, 0.2) is 0 Å². The Morgan fingerprint density at radius 1 is 1.32 bits per heavy atom. The van der Waals surface area contributed by atoms with Gasteiger partial charge in [0, 0.05) is 12.2 Å². The number of halogens is 1. The molecule has 0 spiro atoms. The van der Waals surface area contributed by atoms with Gasteiger partial charge >= 0.3 is 0 Å². The molecular formula is C14H20ClN3O. The van der Waals surface area contributed by atoms with Crippen molar-refractivity contribution in [3.8, 4) is 0 Å². The minimum absolute atomic E-state index is 0.304. The summed E-state index contributed by atoms with van der Waals surface area (Å²) in [5, 5.41) is 4.09. The molecule has 1 N–H and O–H groups in total. The highest BCUT2D eigenvalue weighted by atomic mass is 35.5. The van der Waals surface area contributed by atoms with Gasteiger partial charge in [-0.25, -0.2) is 9.97 Å². The molecule has 19 heavy (non-hydrogen) atoms. The van der Waals surface area contributed by atoms with Crippen LogP contribution in [-0.2, 0) is 4.74 Å². The highest BCUT2D eigenvalue weighted by Crippen LogP contribution is 2.40. The smallest absolute Gasteiger partial charge is 0.138 e. The van der Waals surface area contributed by atoms with Crippen LogP contribution >= 0.6 is 11.6 Å². The first kappa shape index (κ1) is 13.1. The Balaban J connectivity index is 1.80. The molecule has 1 aliphatic carbocycles. The monoisotopic (exact) mass is 281 g/mol. The maximum absolute atomic E-state index is 6.20. The summed E-state index contributed by atoms with van der Waals surface area (Å²) in [6.45, 7) is 5.06. The fourth-order valence-electron chi connectivity index (χ4n) is 2.83. The molecule has 4 nitrogen and oxygen atoms in total. The maximum Gasteiger partial charge on any atom is 0.138 e. The Morgan fingerprint density at radius 2 is 2.11 bits per heavy atom. The van der Waals surface area contributed by atoms with E-state index in [0.717, 1.165) is 30.3 Å². The van der Waals surface area contributed by atoms with Crippen molar-refractivity contribution in [3.05, 3.63) is 17.0 Å². The lowest BCUT2D eigenvalue weighted by Gasteiger charge is -2.22. The van der Waals surface area contributed by atoms with Crippen LogP contribution in [0.4, 0.5) is 5.82 Å². The summed E-state index contributed by atoms with van der Waals surface area (Å²) in [5.41, 5.74) is 1.01. The van der Waals surface area contributed by atoms with Crippen molar-refractivity contribution in [2.45, 2.75) is 51.2 Å². The third kappa shape index (κ3) is 2.70. The number of nitrogens with zero attached hydrogens (tertiary/aromatic N) is 2. The molecule has 1 aliphatic heterocycles. The number of anilines is 1. The van der Waals surface area contributed by atoms with Crippen LogP contribution in [0, 0.1) is 5.92 Å². The van der Waals surface area contributed by atoms with E-state index >= 15 is 0 Å². The van der Waals surface area contributed by atoms with E-state index in [1.54, 1.807) is 0 Å². The van der Waals surface area contributed by atoms with Crippen molar-refractivity contribution in [2.75, 3.05) is 11.9 Å². The molecule has 2 aliphatic rings. The predicted molar refractivity (Wildman–Crippen MR) is 75.6 cm³/mol. The van der Waals surface area contributed by atoms with Crippen molar-refractivity contribution in [1.82, 2.24) is 9.97 Å². The molecule has 2 heterocycles. The Labute approximate surface area is 118 Å². The fourth-order valence-corrected chi connectivity index (χ4v) is 3.18. The standard InChI is InChI=1S/C14H20ClN3O/c1-8(2)11-13(15)16-7-17-14(11)18-10-5-6-19-12(10)9-3-4-9/h7-10,12H,3-6H2,1-2H3,(H,16,17,18). The van der Waals surface area contributed by atoms with Crippen LogP contribution in [0.5, 0.6) is 0 Å². The number of hydrogen-bond donors (Lipinski definition) is 1. The molecule has 0 radical (unpaired) electrons. The van der Waals surface area contributed by atoms with Gasteiger partial charge in [-0.3, -0.25) is 0 Å². The molecule has 1 aromatic rings. The molecule has 1 aromatic heterocycles. The molecule has 1 saturated heterocycles. The van der Waals surface area contributed by atoms with Crippen molar-refractivity contribution in [2.24, 2.45) is 5.92 Å². The molecule has 2 fully saturated rings. The van der Waals surface area contributed by atoms with Crippen LogP contribution in [0.1, 0.15) is 44.6 Å². The summed E-state index contributed by atoms with van der Waals surface area (Å²) >= 11 is 6.20. The molecule has 1 saturated carbocycles. The van der Waals surface area contributed by atoms with Crippen molar-refractivity contribution in [3.63, 3.8) is 0 Å². The van der Waals surface area contributed by atoms with Gasteiger partial charge in [0.25, 0.3) is 0 Å². The zero-order valence-corrected chi connectivity index (χ0v) is 12.2. The summed E-state index contributed by atoms with van der Waals surface area (Å²) in [6.07, 6.45) is 5.50. The molecule has 3 rings (SSSR count). The third-order valence-corrected chi connectivity index (χ3v) is 4.26. The van der Waals surface area contributed by atoms with Crippen LogP contribution in [-0.4, -0.2) is 28.7 Å². The first-order valence-corrected chi connectivity index (χ1v) is 7.43. The lowest BCUT2D eigenvalue weighted by atomic mass is 10.0. The maximum atomic E-state index is 6.20. The van der Waals surface area contributed by atoms with E-state index in [4.69, 9.17) is 16.3 Å². The largest absolute Gasteiger partial charge is 0.376 e. The molecule has 0 bridgehead atoms. The third-order valence-electron chi connectivity index (χ3n) is 3.96. The van der Waals surface area contributed by atoms with Gasteiger partial charge in [-0.05, 0) is 31.1 Å². The zero-order valence-electron chi connectivity index (χ0n) is 11.4. The molecule has 0 amide bonds. The average Bonchev–Trinajstić information content (AvgIpc) is 3.10. The average molecular weight is 282 g/mol. The SMILES string of the molecule is CC(C)c1c(Cl)ncnc1NC1CCOC1C1CC1. The number of rotatable bonds is 4. The van der Waals surface area contributed by atoms with Gasteiger partial charge in [-0.2, -0.15) is 0 Å². The number of aromatic nitrogens is 2. The quantitative estimate of drug-likeness (QED) is 0.861. The van der Waals surface area contributed by atoms with E-state index in [0.29, 0.717) is 23.2 Å². The Bertz CT molecular complexity index is 462. The molecule has 5 heteroatoms. The van der Waals surface area contributed by atoms with Crippen LogP contribution in [0.15, 0.2) is 6.33 Å². The molecular weight excluding hydrogens is 262 g/mol. The molecule has 2 atom stereocenters. The number of hydrogen-bond acceptors (Lipinski definition) is 4. The van der Waals surface area contributed by atoms with Crippen molar-refractivity contribution in [1.29, 1.82) is 0 Å². The lowest BCUT2D eigenvalue weighted by Crippen LogP contribution is -2.31. The summed E-state index contributed by atoms with van der Waals surface area (Å²) in [6, 6.07) is 0.357. The first-order valence-electron chi connectivity index (χ1n) is 7.05. The van der Waals surface area contributed by atoms with E-state index in [1.807, 2.05) is 0 Å². The fraction of sp³-hybridized carbons (Fsp3) is 0.714. The molecule has 104 valence electrons. The zero-order chi connectivity index (χ0) is 13.4. The van der Waals surface area contributed by atoms with E-state index in [9.17, 15) is 0 Å². The van der Waals surface area contributed by atoms with E-state index in [2.05, 4.69) is 29.1 Å². The van der Waals surface area contributed by atoms with Crippen LogP contribution in [0.25, 0.3) is 0 Å². The Kier molecular flexibility index (Phi) is 3.63. The Hall–Kier alpha value is -0.870. The van der Waals surface area contributed by atoms with Gasteiger partial charge in [-0.1, -0.05) is 25.4 Å². The molecule has 0 aromatic carbocycles. The minimum Gasteiger partial charge on any atom is -0.376 e. The second-order valence-corrected chi connectivity index (χ2v) is 6.15. The summed E-state index contributed by atoms with van der Waals surface area (Å²) < 4.78 is 5.85. The second kappa shape index (κ2) is 5.25. The predicted octanol–water partition coefficient (Wildman–Crippen LogP) is 3.23. The van der Waals surface area contributed by atoms with Gasteiger partial charge < -0.3 is 10.1 Å². The number of ether oxygens (including phenoxy) is 1. The highest BCUT2D eigenvalue weighted by Gasteiger charge is 2.41. The second-order valence-electron chi connectivity index (χ2n) is 5.79. The first-order chi connectivity index (χ1) is 9.16. The summed E-state index contributed by atoms with van der Waals surface area (Å²) in [5.74, 6) is 1.91. The van der Waals surface area contributed by atoms with Crippen LogP contribution in [0.2, 0.25) is 5.15 Å². The van der Waals surface area contributed by atoms with Crippen molar-refractivity contribution < 1.29 is 4.74 Å². The highest BCUT2D eigenvalue weighted by molar-refractivity contribution is 6.30. The molecule has 2 unspecified atom stereocenters. The van der Waals surface area contributed by atoms with E-state index in [-0.39, 0.29) is 0 Å². The van der Waals surface area contributed by atoms with Gasteiger partial charge in [0.2, 0.25) is 0 Å². The van der Waals surface area contributed by atoms with Gasteiger partial charge in [0.1, 0.15) is 17.3 Å². The topological polar surface area (TPSA) is 47.0 Å². The van der Waals surface area contributed by atoms with Crippen LogP contribution < -0.4 is 5.32 Å². The van der Waals surface area contributed by atoms with Gasteiger partial charge in [-0.15, -0.1) is 0 Å². The minimum atomic E-state index is 0.304. The van der Waals surface area contributed by atoms with Crippen molar-refractivity contribution >= 4 is 17.4 Å². The number of nitrogens with one attached hydrogen (secondary N) is 1. The van der Waals surface area contributed by atoms with Crippen LogP contribution in [0.3, 0.4) is 0 Å². The summed E-state index contributed by atoms with van der Waals surface area (Å²) in [4.78, 5) is 8.46. The van der Waals surface area contributed by atoms with Gasteiger partial charge in [0.05, 0.1) is 12.1 Å². The normalized spacial score (nSPS) is 26.9. The lowest BCUT2D eigenvalue weighted by molar-refractivity contribution is 0.0898. The summed E-state index contributed by atoms with van der Waals surface area (Å²) in [7, 11) is 0. The Morgan fingerprint density at radius 3 is 2.79 bits per heavy atom. The van der Waals surface area contributed by atoms with E-state index in [1.165, 1.54) is 19.2 Å². The van der Waals surface area contributed by atoms with E-state index < -0.39 is 0 Å².